The van der Waals surface area contributed by atoms with Crippen molar-refractivity contribution < 1.29 is 14.3 Å². The highest BCUT2D eigenvalue weighted by Crippen LogP contribution is 2.26. The molecule has 2 rings (SSSR count). The molecule has 5 nitrogen and oxygen atoms in total. The Labute approximate surface area is 119 Å². The van der Waals surface area contributed by atoms with Crippen molar-refractivity contribution in [2.45, 2.75) is 19.9 Å². The Hall–Kier alpha value is -1.59. The molecule has 0 spiro atoms. The summed E-state index contributed by atoms with van der Waals surface area (Å²) in [5.74, 6) is 0.473. The Bertz CT molecular complexity index is 476. The van der Waals surface area contributed by atoms with Gasteiger partial charge < -0.3 is 20.1 Å². The highest BCUT2D eigenvalue weighted by atomic mass is 16.5. The Morgan fingerprint density at radius 1 is 1.45 bits per heavy atom. The van der Waals surface area contributed by atoms with E-state index in [9.17, 15) is 4.79 Å². The first-order valence-electron chi connectivity index (χ1n) is 6.92. The van der Waals surface area contributed by atoms with Gasteiger partial charge in [0, 0.05) is 6.04 Å². The monoisotopic (exact) mass is 278 g/mol. The van der Waals surface area contributed by atoms with Crippen molar-refractivity contribution in [2.24, 2.45) is 5.92 Å². The van der Waals surface area contributed by atoms with Crippen LogP contribution in [0.25, 0.3) is 0 Å². The second-order valence-corrected chi connectivity index (χ2v) is 5.00. The maximum atomic E-state index is 12.4. The van der Waals surface area contributed by atoms with E-state index in [0.717, 1.165) is 12.1 Å². The van der Waals surface area contributed by atoms with Crippen molar-refractivity contribution in [2.75, 3.05) is 32.2 Å². The van der Waals surface area contributed by atoms with Crippen LogP contribution in [0.3, 0.4) is 0 Å². The highest BCUT2D eigenvalue weighted by molar-refractivity contribution is 5.94. The molecule has 1 saturated heterocycles. The van der Waals surface area contributed by atoms with Gasteiger partial charge in [0.25, 0.3) is 0 Å². The van der Waals surface area contributed by atoms with Crippen LogP contribution in [-0.4, -0.2) is 38.8 Å². The summed E-state index contributed by atoms with van der Waals surface area (Å²) < 4.78 is 10.7. The molecule has 1 aliphatic heterocycles. The molecule has 1 aromatic carbocycles. The first-order chi connectivity index (χ1) is 9.65. The molecule has 1 amide bonds. The van der Waals surface area contributed by atoms with Crippen LogP contribution in [0.15, 0.2) is 18.2 Å². The predicted octanol–water partition coefficient (Wildman–Crippen LogP) is 1.57. The summed E-state index contributed by atoms with van der Waals surface area (Å²) in [6.45, 7) is 5.87. The van der Waals surface area contributed by atoms with Crippen LogP contribution >= 0.6 is 0 Å². The molecule has 110 valence electrons. The molecular weight excluding hydrogens is 256 g/mol. The van der Waals surface area contributed by atoms with Crippen molar-refractivity contribution in [1.82, 2.24) is 5.32 Å². The first-order valence-corrected chi connectivity index (χ1v) is 6.92. The van der Waals surface area contributed by atoms with Crippen LogP contribution in [0.2, 0.25) is 0 Å². The van der Waals surface area contributed by atoms with E-state index in [4.69, 9.17) is 9.47 Å². The summed E-state index contributed by atoms with van der Waals surface area (Å²) in [6.07, 6.45) is 0. The highest BCUT2D eigenvalue weighted by Gasteiger charge is 2.33. The van der Waals surface area contributed by atoms with Crippen LogP contribution in [0.5, 0.6) is 5.75 Å². The van der Waals surface area contributed by atoms with E-state index in [-0.39, 0.29) is 17.9 Å². The predicted molar refractivity (Wildman–Crippen MR) is 78.1 cm³/mol. The fraction of sp³-hybridized carbons (Fsp3) is 0.533. The summed E-state index contributed by atoms with van der Waals surface area (Å²) in [5, 5.41) is 6.23. The second kappa shape index (κ2) is 6.72. The maximum absolute atomic E-state index is 12.4. The number of likely N-dealkylation sites (N-methyl/N-ethyl adjacent to an activating group) is 1. The van der Waals surface area contributed by atoms with E-state index in [1.54, 1.807) is 7.11 Å². The van der Waals surface area contributed by atoms with Crippen LogP contribution in [0.1, 0.15) is 12.5 Å². The lowest BCUT2D eigenvalue weighted by molar-refractivity contribution is -0.120. The van der Waals surface area contributed by atoms with Gasteiger partial charge in [0.15, 0.2) is 0 Å². The van der Waals surface area contributed by atoms with E-state index in [2.05, 4.69) is 10.6 Å². The van der Waals surface area contributed by atoms with Crippen molar-refractivity contribution >= 4 is 11.6 Å². The second-order valence-electron chi connectivity index (χ2n) is 5.00. The molecule has 2 atom stereocenters. The molecule has 2 N–H and O–H groups in total. The van der Waals surface area contributed by atoms with Crippen LogP contribution in [-0.2, 0) is 9.53 Å². The minimum Gasteiger partial charge on any atom is -0.495 e. The van der Waals surface area contributed by atoms with Crippen LogP contribution in [0, 0.1) is 12.8 Å². The van der Waals surface area contributed by atoms with Crippen molar-refractivity contribution in [3.8, 4) is 5.75 Å². The van der Waals surface area contributed by atoms with E-state index in [1.807, 2.05) is 32.0 Å². The molecule has 5 heteroatoms. The summed E-state index contributed by atoms with van der Waals surface area (Å²) in [6, 6.07) is 5.80. The average Bonchev–Trinajstić information content (AvgIpc) is 2.88. The van der Waals surface area contributed by atoms with E-state index in [0.29, 0.717) is 24.7 Å². The molecule has 0 saturated carbocycles. The zero-order chi connectivity index (χ0) is 14.5. The van der Waals surface area contributed by atoms with Gasteiger partial charge in [-0.05, 0) is 31.2 Å². The van der Waals surface area contributed by atoms with Crippen LogP contribution in [0.4, 0.5) is 5.69 Å². The minimum absolute atomic E-state index is 0.0302. The summed E-state index contributed by atoms with van der Waals surface area (Å²) in [4.78, 5) is 12.4. The number of hydrogen-bond donors (Lipinski definition) is 2. The Balaban J connectivity index is 2.09. The Morgan fingerprint density at radius 2 is 2.25 bits per heavy atom. The van der Waals surface area contributed by atoms with Gasteiger partial charge >= 0.3 is 0 Å². The molecule has 0 aliphatic carbocycles. The number of amides is 1. The lowest BCUT2D eigenvalue weighted by atomic mass is 10.0. The van der Waals surface area contributed by atoms with E-state index >= 15 is 0 Å². The third-order valence-electron chi connectivity index (χ3n) is 3.50. The average molecular weight is 278 g/mol. The van der Waals surface area contributed by atoms with Gasteiger partial charge in [0.2, 0.25) is 5.91 Å². The smallest absolute Gasteiger partial charge is 0.231 e. The van der Waals surface area contributed by atoms with Gasteiger partial charge in [-0.2, -0.15) is 0 Å². The largest absolute Gasteiger partial charge is 0.495 e. The molecule has 0 bridgehead atoms. The molecule has 2 unspecified atom stereocenters. The zero-order valence-corrected chi connectivity index (χ0v) is 12.2. The van der Waals surface area contributed by atoms with Gasteiger partial charge in [-0.15, -0.1) is 0 Å². The topological polar surface area (TPSA) is 59.6 Å². The molecule has 0 radical (unpaired) electrons. The van der Waals surface area contributed by atoms with Crippen molar-refractivity contribution in [3.05, 3.63) is 23.8 Å². The molecule has 0 aromatic heterocycles. The Kier molecular flexibility index (Phi) is 4.98. The zero-order valence-electron chi connectivity index (χ0n) is 12.2. The SMILES string of the molecule is CCNC1COCC1C(=O)Nc1cc(C)ccc1OC. The molecular formula is C15H22N2O3. The van der Waals surface area contributed by atoms with Gasteiger partial charge in [-0.3, -0.25) is 4.79 Å². The number of nitrogens with one attached hydrogen (secondary N) is 2. The third-order valence-corrected chi connectivity index (χ3v) is 3.50. The fourth-order valence-electron chi connectivity index (χ4n) is 2.42. The van der Waals surface area contributed by atoms with E-state index in [1.165, 1.54) is 0 Å². The number of methoxy groups -OCH3 is 1. The number of anilines is 1. The number of rotatable bonds is 5. The quantitative estimate of drug-likeness (QED) is 0.858. The maximum Gasteiger partial charge on any atom is 0.231 e. The number of ether oxygens (including phenoxy) is 2. The minimum atomic E-state index is -0.167. The van der Waals surface area contributed by atoms with Crippen molar-refractivity contribution in [1.29, 1.82) is 0 Å². The standard InChI is InChI=1S/C15H22N2O3/c1-4-16-13-9-20-8-11(13)15(18)17-12-7-10(2)5-6-14(12)19-3/h5-7,11,13,16H,4,8-9H2,1-3H3,(H,17,18). The van der Waals surface area contributed by atoms with Gasteiger partial charge in [-0.1, -0.05) is 13.0 Å². The first kappa shape index (κ1) is 14.8. The number of hydrogen-bond acceptors (Lipinski definition) is 4. The number of carbonyl (C=O) groups is 1. The number of carbonyl (C=O) groups excluding carboxylic acids is 1. The lowest BCUT2D eigenvalue weighted by Crippen LogP contribution is -2.41. The number of aryl methyl sites for hydroxylation is 1. The van der Waals surface area contributed by atoms with Gasteiger partial charge in [0.1, 0.15) is 5.75 Å². The van der Waals surface area contributed by atoms with Crippen molar-refractivity contribution in [3.63, 3.8) is 0 Å². The van der Waals surface area contributed by atoms with Gasteiger partial charge in [0.05, 0.1) is 31.9 Å². The molecule has 1 aromatic rings. The summed E-state index contributed by atoms with van der Waals surface area (Å²) >= 11 is 0. The van der Waals surface area contributed by atoms with E-state index < -0.39 is 0 Å². The molecule has 1 heterocycles. The Morgan fingerprint density at radius 3 is 2.95 bits per heavy atom. The molecule has 20 heavy (non-hydrogen) atoms. The fourth-order valence-corrected chi connectivity index (χ4v) is 2.42. The summed E-state index contributed by atoms with van der Waals surface area (Å²) in [5.41, 5.74) is 1.78. The molecule has 1 aliphatic rings. The summed E-state index contributed by atoms with van der Waals surface area (Å²) in [7, 11) is 1.60. The lowest BCUT2D eigenvalue weighted by Gasteiger charge is -2.19. The number of benzene rings is 1. The van der Waals surface area contributed by atoms with Gasteiger partial charge in [-0.25, -0.2) is 0 Å². The third kappa shape index (κ3) is 3.29. The normalized spacial score (nSPS) is 21.8. The molecule has 1 fully saturated rings. The van der Waals surface area contributed by atoms with Crippen LogP contribution < -0.4 is 15.4 Å².